The van der Waals surface area contributed by atoms with Crippen LogP contribution in [0.2, 0.25) is 0 Å². The zero-order valence-electron chi connectivity index (χ0n) is 11.9. The van der Waals surface area contributed by atoms with Gasteiger partial charge in [0.1, 0.15) is 0 Å². The molecular weight excluding hydrogens is 248 g/mol. The molecule has 20 heavy (non-hydrogen) atoms. The molecule has 0 aliphatic carbocycles. The number of hydrogen-bond donors (Lipinski definition) is 2. The second kappa shape index (κ2) is 6.24. The van der Waals surface area contributed by atoms with Crippen molar-refractivity contribution >= 4 is 17.3 Å². The Hall–Kier alpha value is -2.29. The fraction of sp³-hybridized carbons (Fsp3) is 0.235. The van der Waals surface area contributed by atoms with Crippen molar-refractivity contribution in [3.63, 3.8) is 0 Å². The molecule has 0 aliphatic rings. The van der Waals surface area contributed by atoms with Crippen LogP contribution in [0, 0.1) is 13.8 Å². The number of nitrogens with two attached hydrogens (primary N) is 1. The molecule has 2 rings (SSSR count). The molecule has 0 bridgehead atoms. The van der Waals surface area contributed by atoms with Crippen LogP contribution in [-0.4, -0.2) is 5.91 Å². The minimum Gasteiger partial charge on any atom is -0.397 e. The zero-order chi connectivity index (χ0) is 14.5. The van der Waals surface area contributed by atoms with Gasteiger partial charge in [-0.25, -0.2) is 0 Å². The van der Waals surface area contributed by atoms with Crippen molar-refractivity contribution in [2.45, 2.75) is 26.7 Å². The fourth-order valence-electron chi connectivity index (χ4n) is 2.20. The summed E-state index contributed by atoms with van der Waals surface area (Å²) in [6, 6.07) is 13.7. The number of aryl methyl sites for hydroxylation is 3. The summed E-state index contributed by atoms with van der Waals surface area (Å²) >= 11 is 0. The molecule has 0 radical (unpaired) electrons. The second-order valence-electron chi connectivity index (χ2n) is 5.01. The van der Waals surface area contributed by atoms with E-state index in [4.69, 9.17) is 5.73 Å². The van der Waals surface area contributed by atoms with E-state index in [1.165, 1.54) is 11.1 Å². The number of para-hydroxylation sites is 1. The Balaban J connectivity index is 1.98. The van der Waals surface area contributed by atoms with Gasteiger partial charge in [0, 0.05) is 6.42 Å². The number of carbonyl (C=O) groups excluding carboxylic acids is 1. The van der Waals surface area contributed by atoms with Crippen LogP contribution in [0.25, 0.3) is 0 Å². The summed E-state index contributed by atoms with van der Waals surface area (Å²) in [7, 11) is 0. The van der Waals surface area contributed by atoms with Crippen LogP contribution >= 0.6 is 0 Å². The van der Waals surface area contributed by atoms with Crippen molar-refractivity contribution < 1.29 is 4.79 Å². The van der Waals surface area contributed by atoms with E-state index in [0.717, 1.165) is 17.7 Å². The van der Waals surface area contributed by atoms with Crippen LogP contribution < -0.4 is 11.1 Å². The number of anilines is 2. The molecule has 3 heteroatoms. The largest absolute Gasteiger partial charge is 0.397 e. The molecule has 0 aliphatic heterocycles. The van der Waals surface area contributed by atoms with E-state index in [9.17, 15) is 4.79 Å². The van der Waals surface area contributed by atoms with Crippen molar-refractivity contribution in [2.24, 2.45) is 0 Å². The molecule has 0 spiro atoms. The van der Waals surface area contributed by atoms with Gasteiger partial charge < -0.3 is 11.1 Å². The number of benzene rings is 2. The second-order valence-corrected chi connectivity index (χ2v) is 5.01. The van der Waals surface area contributed by atoms with Crippen molar-refractivity contribution in [3.05, 3.63) is 59.2 Å². The van der Waals surface area contributed by atoms with Gasteiger partial charge in [-0.1, -0.05) is 36.4 Å². The van der Waals surface area contributed by atoms with Gasteiger partial charge in [0.2, 0.25) is 5.91 Å². The average molecular weight is 268 g/mol. The first kappa shape index (κ1) is 14.1. The quantitative estimate of drug-likeness (QED) is 0.834. The summed E-state index contributed by atoms with van der Waals surface area (Å²) in [6.45, 7) is 4.00. The Morgan fingerprint density at radius 1 is 1.05 bits per heavy atom. The van der Waals surface area contributed by atoms with Gasteiger partial charge in [-0.2, -0.15) is 0 Å². The van der Waals surface area contributed by atoms with E-state index >= 15 is 0 Å². The summed E-state index contributed by atoms with van der Waals surface area (Å²) in [5.41, 5.74) is 10.6. The van der Waals surface area contributed by atoms with Gasteiger partial charge in [-0.15, -0.1) is 0 Å². The molecule has 104 valence electrons. The highest BCUT2D eigenvalue weighted by atomic mass is 16.1. The summed E-state index contributed by atoms with van der Waals surface area (Å²) in [6.07, 6.45) is 1.20. The molecule has 2 aromatic rings. The first-order valence-electron chi connectivity index (χ1n) is 6.77. The zero-order valence-corrected chi connectivity index (χ0v) is 11.9. The smallest absolute Gasteiger partial charge is 0.224 e. The molecule has 3 nitrogen and oxygen atoms in total. The standard InChI is InChI=1S/C17H20N2O/c1-12-6-3-4-8-14(12)10-11-16(20)19-17-13(2)7-5-9-15(17)18/h3-9H,10-11,18H2,1-2H3,(H,19,20). The minimum atomic E-state index is -0.00532. The number of amides is 1. The number of nitrogen functional groups attached to an aromatic ring is 1. The lowest BCUT2D eigenvalue weighted by molar-refractivity contribution is -0.116. The fourth-order valence-corrected chi connectivity index (χ4v) is 2.20. The first-order valence-corrected chi connectivity index (χ1v) is 6.77. The maximum atomic E-state index is 12.0. The third-order valence-electron chi connectivity index (χ3n) is 3.45. The topological polar surface area (TPSA) is 55.1 Å². The monoisotopic (exact) mass is 268 g/mol. The lowest BCUT2D eigenvalue weighted by Crippen LogP contribution is -2.14. The molecule has 0 unspecified atom stereocenters. The van der Waals surface area contributed by atoms with E-state index in [1.54, 1.807) is 6.07 Å². The van der Waals surface area contributed by atoms with Crippen LogP contribution in [-0.2, 0) is 11.2 Å². The van der Waals surface area contributed by atoms with Crippen LogP contribution in [0.3, 0.4) is 0 Å². The van der Waals surface area contributed by atoms with Gasteiger partial charge in [0.25, 0.3) is 0 Å². The maximum Gasteiger partial charge on any atom is 0.224 e. The van der Waals surface area contributed by atoms with Crippen molar-refractivity contribution in [1.29, 1.82) is 0 Å². The Kier molecular flexibility index (Phi) is 4.41. The SMILES string of the molecule is Cc1ccccc1CCC(=O)Nc1c(C)cccc1N. The van der Waals surface area contributed by atoms with Gasteiger partial charge in [0.05, 0.1) is 11.4 Å². The Bertz CT molecular complexity index is 600. The molecule has 0 saturated heterocycles. The Morgan fingerprint density at radius 3 is 2.45 bits per heavy atom. The van der Waals surface area contributed by atoms with Crippen LogP contribution in [0.1, 0.15) is 23.1 Å². The predicted molar refractivity (Wildman–Crippen MR) is 83.7 cm³/mol. The van der Waals surface area contributed by atoms with Crippen molar-refractivity contribution in [1.82, 2.24) is 0 Å². The molecule has 2 aromatic carbocycles. The number of hydrogen-bond acceptors (Lipinski definition) is 2. The normalized spacial score (nSPS) is 10.3. The molecule has 0 heterocycles. The summed E-state index contributed by atoms with van der Waals surface area (Å²) < 4.78 is 0. The van der Waals surface area contributed by atoms with E-state index in [0.29, 0.717) is 12.1 Å². The first-order chi connectivity index (χ1) is 9.58. The third-order valence-corrected chi connectivity index (χ3v) is 3.45. The molecular formula is C17H20N2O. The van der Waals surface area contributed by atoms with Gasteiger partial charge >= 0.3 is 0 Å². The number of nitrogens with one attached hydrogen (secondary N) is 1. The summed E-state index contributed by atoms with van der Waals surface area (Å²) in [5.74, 6) is -0.00532. The van der Waals surface area contributed by atoms with E-state index < -0.39 is 0 Å². The van der Waals surface area contributed by atoms with Gasteiger partial charge in [-0.05, 0) is 43.0 Å². The lowest BCUT2D eigenvalue weighted by Gasteiger charge is -2.11. The maximum absolute atomic E-state index is 12.0. The van der Waals surface area contributed by atoms with E-state index in [-0.39, 0.29) is 5.91 Å². The van der Waals surface area contributed by atoms with Crippen LogP contribution in [0.4, 0.5) is 11.4 Å². The van der Waals surface area contributed by atoms with Crippen molar-refractivity contribution in [3.8, 4) is 0 Å². The minimum absolute atomic E-state index is 0.00532. The molecule has 0 fully saturated rings. The van der Waals surface area contributed by atoms with Gasteiger partial charge in [0.15, 0.2) is 0 Å². The molecule has 0 atom stereocenters. The van der Waals surface area contributed by atoms with Crippen LogP contribution in [0.5, 0.6) is 0 Å². The highest BCUT2D eigenvalue weighted by Gasteiger charge is 2.08. The summed E-state index contributed by atoms with van der Waals surface area (Å²) in [4.78, 5) is 12.0. The van der Waals surface area contributed by atoms with E-state index in [1.807, 2.05) is 31.2 Å². The Labute approximate surface area is 119 Å². The van der Waals surface area contributed by atoms with Gasteiger partial charge in [-0.3, -0.25) is 4.79 Å². The highest BCUT2D eigenvalue weighted by molar-refractivity contribution is 5.94. The Morgan fingerprint density at radius 2 is 1.75 bits per heavy atom. The molecule has 3 N–H and O–H groups in total. The van der Waals surface area contributed by atoms with E-state index in [2.05, 4.69) is 24.4 Å². The third kappa shape index (κ3) is 3.38. The van der Waals surface area contributed by atoms with Crippen LogP contribution in [0.15, 0.2) is 42.5 Å². The predicted octanol–water partition coefficient (Wildman–Crippen LogP) is 3.46. The molecule has 0 aromatic heterocycles. The number of carbonyl (C=O) groups is 1. The molecule has 0 saturated carbocycles. The average Bonchev–Trinajstić information content (AvgIpc) is 2.42. The highest BCUT2D eigenvalue weighted by Crippen LogP contribution is 2.22. The number of rotatable bonds is 4. The lowest BCUT2D eigenvalue weighted by atomic mass is 10.0. The van der Waals surface area contributed by atoms with Crippen molar-refractivity contribution in [2.75, 3.05) is 11.1 Å². The molecule has 1 amide bonds. The summed E-state index contributed by atoms with van der Waals surface area (Å²) in [5, 5.41) is 2.90.